The van der Waals surface area contributed by atoms with Crippen LogP contribution in [0.2, 0.25) is 0 Å². The van der Waals surface area contributed by atoms with Crippen LogP contribution in [0.4, 0.5) is 0 Å². The second-order valence-electron chi connectivity index (χ2n) is 12.5. The molecule has 4 nitrogen and oxygen atoms in total. The van der Waals surface area contributed by atoms with E-state index in [9.17, 15) is 0 Å². The van der Waals surface area contributed by atoms with E-state index in [-0.39, 0.29) is 0 Å². The molecule has 0 saturated heterocycles. The monoisotopic (exact) mass is 708 g/mol. The quantitative estimate of drug-likeness (QED) is 0.141. The molecule has 0 spiro atoms. The Morgan fingerprint density at radius 2 is 0.673 bits per heavy atom. The Morgan fingerprint density at radius 3 is 1.06 bits per heavy atom. The van der Waals surface area contributed by atoms with Gasteiger partial charge in [-0.1, -0.05) is 188 Å². The molecule has 7 aromatic carbocycles. The molecule has 0 amide bonds. The van der Waals surface area contributed by atoms with Crippen molar-refractivity contribution in [2.45, 2.75) is 0 Å². The summed E-state index contributed by atoms with van der Waals surface area (Å²) in [7, 11) is -6.96. The maximum absolute atomic E-state index is 16.1. The number of nitrogens with zero attached hydrogens (tertiary/aromatic N) is 2. The van der Waals surface area contributed by atoms with Gasteiger partial charge < -0.3 is 9.13 Å². The van der Waals surface area contributed by atoms with Crippen molar-refractivity contribution >= 4 is 46.1 Å². The van der Waals surface area contributed by atoms with E-state index in [4.69, 9.17) is 9.97 Å². The molecule has 0 unspecified atom stereocenters. The summed E-state index contributed by atoms with van der Waals surface area (Å²) in [5.41, 5.74) is 3.87. The molecule has 0 fully saturated rings. The van der Waals surface area contributed by atoms with E-state index in [1.54, 1.807) is 0 Å². The molecule has 0 aliphatic carbocycles. The number of aromatic nitrogens is 2. The Hall–Kier alpha value is -5.92. The maximum atomic E-state index is 16.1. The topological polar surface area (TPSA) is 59.9 Å². The normalized spacial score (nSPS) is 11.6. The van der Waals surface area contributed by atoms with Gasteiger partial charge in [0.25, 0.3) is 0 Å². The molecular formula is C46H34N2O2P2. The van der Waals surface area contributed by atoms with Crippen molar-refractivity contribution in [3.63, 3.8) is 0 Å². The SMILES string of the molecule is O=P(c1ccccc1)(c1ccccc1)c1ccc(P(=O)(c2ccccc2)c2ccccc2)c(-c2nc(-c3ccccc3)cc(-c3ccccc3)n2)c1. The van der Waals surface area contributed by atoms with Gasteiger partial charge in [0.2, 0.25) is 0 Å². The molecule has 1 heterocycles. The minimum Gasteiger partial charge on any atom is -0.309 e. The number of benzene rings is 7. The van der Waals surface area contributed by atoms with Crippen molar-refractivity contribution in [3.05, 3.63) is 206 Å². The standard InChI is InChI=1S/C46H34N2O2P2/c49-51(37-23-11-3-12-24-37,38-25-13-4-14-26-38)41-31-32-45(52(50,39-27-15-5-16-28-39)40-29-17-6-18-30-40)42(33-41)46-47-43(35-19-7-1-8-20-35)34-44(48-46)36-21-9-2-10-22-36/h1-34H. The molecule has 0 saturated carbocycles. The highest BCUT2D eigenvalue weighted by molar-refractivity contribution is 7.86. The molecular weight excluding hydrogens is 674 g/mol. The first-order valence-electron chi connectivity index (χ1n) is 17.1. The molecule has 0 N–H and O–H groups in total. The molecule has 1 aromatic heterocycles. The van der Waals surface area contributed by atoms with Crippen LogP contribution < -0.4 is 31.8 Å². The number of rotatable bonds is 9. The number of hydrogen-bond donors (Lipinski definition) is 0. The van der Waals surface area contributed by atoms with Crippen molar-refractivity contribution in [2.24, 2.45) is 0 Å². The summed E-state index contributed by atoms with van der Waals surface area (Å²) in [6.07, 6.45) is 0. The highest BCUT2D eigenvalue weighted by Crippen LogP contribution is 2.48. The van der Waals surface area contributed by atoms with E-state index in [1.807, 2.05) is 206 Å². The predicted octanol–water partition coefficient (Wildman–Crippen LogP) is 8.76. The average molecular weight is 709 g/mol. The van der Waals surface area contributed by atoms with Crippen molar-refractivity contribution in [3.8, 4) is 33.9 Å². The molecule has 8 aromatic rings. The lowest BCUT2D eigenvalue weighted by Crippen LogP contribution is -2.30. The van der Waals surface area contributed by atoms with Gasteiger partial charge in [0.1, 0.15) is 0 Å². The Morgan fingerprint density at radius 1 is 0.327 bits per heavy atom. The molecule has 8 rings (SSSR count). The van der Waals surface area contributed by atoms with Crippen LogP contribution in [0.15, 0.2) is 206 Å². The van der Waals surface area contributed by atoms with Crippen LogP contribution in [0.1, 0.15) is 0 Å². The zero-order chi connectivity index (χ0) is 35.4. The predicted molar refractivity (Wildman–Crippen MR) is 217 cm³/mol. The van der Waals surface area contributed by atoms with Crippen molar-refractivity contribution in [2.75, 3.05) is 0 Å². The molecule has 0 radical (unpaired) electrons. The van der Waals surface area contributed by atoms with Crippen LogP contribution in [-0.4, -0.2) is 9.97 Å². The molecule has 0 aliphatic heterocycles. The van der Waals surface area contributed by atoms with Gasteiger partial charge in [-0.3, -0.25) is 0 Å². The van der Waals surface area contributed by atoms with E-state index in [0.29, 0.717) is 43.2 Å². The summed E-state index contributed by atoms with van der Waals surface area (Å²) in [5, 5.41) is 3.96. The second-order valence-corrected chi connectivity index (χ2v) is 18.0. The molecule has 0 bridgehead atoms. The lowest BCUT2D eigenvalue weighted by Gasteiger charge is -2.25. The molecule has 52 heavy (non-hydrogen) atoms. The van der Waals surface area contributed by atoms with Crippen LogP contribution in [0.25, 0.3) is 33.9 Å². The van der Waals surface area contributed by atoms with Gasteiger partial charge >= 0.3 is 0 Å². The highest BCUT2D eigenvalue weighted by atomic mass is 31.2. The van der Waals surface area contributed by atoms with Crippen LogP contribution in [-0.2, 0) is 9.13 Å². The van der Waals surface area contributed by atoms with E-state index in [1.165, 1.54) is 0 Å². The smallest absolute Gasteiger partial charge is 0.171 e. The Balaban J connectivity index is 1.48. The van der Waals surface area contributed by atoms with Crippen molar-refractivity contribution in [1.82, 2.24) is 9.97 Å². The molecule has 6 heteroatoms. The summed E-state index contributed by atoms with van der Waals surface area (Å²) < 4.78 is 31.9. The van der Waals surface area contributed by atoms with Crippen molar-refractivity contribution in [1.29, 1.82) is 0 Å². The summed E-state index contributed by atoms with van der Waals surface area (Å²) in [6, 6.07) is 66.1. The zero-order valence-corrected chi connectivity index (χ0v) is 30.0. The highest BCUT2D eigenvalue weighted by Gasteiger charge is 2.36. The molecule has 250 valence electrons. The average Bonchev–Trinajstić information content (AvgIpc) is 3.24. The number of hydrogen-bond acceptors (Lipinski definition) is 4. The molecule has 0 aliphatic rings. The zero-order valence-electron chi connectivity index (χ0n) is 28.2. The van der Waals surface area contributed by atoms with Gasteiger partial charge in [-0.15, -0.1) is 0 Å². The van der Waals surface area contributed by atoms with Crippen LogP contribution in [0.3, 0.4) is 0 Å². The van der Waals surface area contributed by atoms with E-state index in [2.05, 4.69) is 0 Å². The maximum Gasteiger partial charge on any atom is 0.171 e. The molecule has 0 atom stereocenters. The first-order chi connectivity index (χ1) is 25.5. The summed E-state index contributed by atoms with van der Waals surface area (Å²) in [5.74, 6) is 0.400. The Bertz CT molecular complexity index is 2400. The van der Waals surface area contributed by atoms with E-state index in [0.717, 1.165) is 22.5 Å². The lowest BCUT2D eigenvalue weighted by molar-refractivity contribution is 0.591. The van der Waals surface area contributed by atoms with Crippen LogP contribution in [0.5, 0.6) is 0 Å². The summed E-state index contributed by atoms with van der Waals surface area (Å²) in [6.45, 7) is 0. The third-order valence-electron chi connectivity index (χ3n) is 9.27. The van der Waals surface area contributed by atoms with Crippen molar-refractivity contribution < 1.29 is 9.13 Å². The Kier molecular flexibility index (Phi) is 9.18. The second kappa shape index (κ2) is 14.4. The summed E-state index contributed by atoms with van der Waals surface area (Å²) >= 11 is 0. The minimum atomic E-state index is -3.54. The van der Waals surface area contributed by atoms with Crippen LogP contribution >= 0.6 is 14.3 Å². The van der Waals surface area contributed by atoms with Gasteiger partial charge in [-0.2, -0.15) is 0 Å². The fourth-order valence-electron chi connectivity index (χ4n) is 6.68. The van der Waals surface area contributed by atoms with Gasteiger partial charge in [-0.05, 0) is 18.2 Å². The van der Waals surface area contributed by atoms with Crippen LogP contribution in [0, 0.1) is 0 Å². The van der Waals surface area contributed by atoms with E-state index < -0.39 is 14.3 Å². The summed E-state index contributed by atoms with van der Waals surface area (Å²) in [4.78, 5) is 10.4. The lowest BCUT2D eigenvalue weighted by atomic mass is 10.1. The minimum absolute atomic E-state index is 0.400. The first-order valence-corrected chi connectivity index (χ1v) is 20.5. The van der Waals surface area contributed by atoms with Gasteiger partial charge in [-0.25, -0.2) is 9.97 Å². The largest absolute Gasteiger partial charge is 0.309 e. The van der Waals surface area contributed by atoms with Gasteiger partial charge in [0, 0.05) is 48.5 Å². The third-order valence-corrected chi connectivity index (χ3v) is 15.4. The van der Waals surface area contributed by atoms with E-state index >= 15 is 9.13 Å². The fraction of sp³-hybridized carbons (Fsp3) is 0. The Labute approximate surface area is 304 Å². The van der Waals surface area contributed by atoms with Gasteiger partial charge in [0.15, 0.2) is 20.1 Å². The fourth-order valence-corrected chi connectivity index (χ4v) is 12.2. The third kappa shape index (κ3) is 6.18. The first kappa shape index (κ1) is 33.2. The van der Waals surface area contributed by atoms with Gasteiger partial charge in [0.05, 0.1) is 11.4 Å².